The topological polar surface area (TPSA) is 110 Å². The Morgan fingerprint density at radius 3 is 0.781 bits per heavy atom. The standard InChI is InChI=1S/C54H38N4O2S2.2H2O/c59-62(60,45-35-29-42(30-36-45)58-53-25-13-9-21-49(53)56(40-17-5-2-6-18-40)50-22-10-14-26-54(50)58)46-37-33-44(34-38-46)61-43-31-27-41(28-32-43)57-51-23-11-7-19-47(51)55(39-15-3-1-4-16-39)48-20-8-12-24-52(48)57;;/h1-38H;2*1H2. The average molecular weight is 875 g/mol. The van der Waals surface area contributed by atoms with Crippen LogP contribution in [0.1, 0.15) is 0 Å². The molecule has 8 nitrogen and oxygen atoms in total. The Balaban J connectivity index is 0.00000259. The first-order valence-corrected chi connectivity index (χ1v) is 22.7. The Morgan fingerprint density at radius 2 is 0.484 bits per heavy atom. The zero-order valence-electron chi connectivity index (χ0n) is 34.4. The van der Waals surface area contributed by atoms with Crippen molar-refractivity contribution in [3.63, 3.8) is 0 Å². The minimum absolute atomic E-state index is 0. The quantitative estimate of drug-likeness (QED) is 0.149. The molecule has 64 heavy (non-hydrogen) atoms. The molecule has 314 valence electrons. The second kappa shape index (κ2) is 17.3. The molecule has 0 aliphatic carbocycles. The van der Waals surface area contributed by atoms with Gasteiger partial charge in [-0.25, -0.2) is 8.42 Å². The minimum atomic E-state index is -3.78. The average Bonchev–Trinajstić information content (AvgIpc) is 3.33. The molecule has 2 aliphatic rings. The lowest BCUT2D eigenvalue weighted by atomic mass is 10.0. The summed E-state index contributed by atoms with van der Waals surface area (Å²) in [4.78, 5) is 11.6. The molecular formula is C54H42N4O4S2. The minimum Gasteiger partial charge on any atom is -0.412 e. The van der Waals surface area contributed by atoms with Gasteiger partial charge in [-0.15, -0.1) is 0 Å². The van der Waals surface area contributed by atoms with E-state index in [1.165, 1.54) is 0 Å². The van der Waals surface area contributed by atoms with Crippen LogP contribution in [0.4, 0.5) is 68.2 Å². The summed E-state index contributed by atoms with van der Waals surface area (Å²) >= 11 is 1.60. The van der Waals surface area contributed by atoms with Gasteiger partial charge in [0.15, 0.2) is 0 Å². The first kappa shape index (κ1) is 41.7. The Morgan fingerprint density at radius 1 is 0.266 bits per heavy atom. The van der Waals surface area contributed by atoms with E-state index in [1.54, 1.807) is 36.0 Å². The predicted octanol–water partition coefficient (Wildman–Crippen LogP) is 13.5. The second-order valence-electron chi connectivity index (χ2n) is 15.0. The van der Waals surface area contributed by atoms with E-state index in [0.29, 0.717) is 0 Å². The van der Waals surface area contributed by atoms with Gasteiger partial charge in [0.05, 0.1) is 55.3 Å². The maximum absolute atomic E-state index is 14.0. The largest absolute Gasteiger partial charge is 0.412 e. The van der Waals surface area contributed by atoms with Crippen LogP contribution < -0.4 is 19.6 Å². The molecule has 0 fully saturated rings. The second-order valence-corrected chi connectivity index (χ2v) is 18.1. The highest BCUT2D eigenvalue weighted by atomic mass is 32.2. The lowest BCUT2D eigenvalue weighted by Crippen LogP contribution is -2.23. The molecule has 0 saturated heterocycles. The Bertz CT molecular complexity index is 3090. The monoisotopic (exact) mass is 874 g/mol. The van der Waals surface area contributed by atoms with E-state index in [0.717, 1.165) is 78.0 Å². The molecule has 0 radical (unpaired) electrons. The number of benzene rings is 9. The van der Waals surface area contributed by atoms with E-state index in [1.807, 2.05) is 72.8 Å². The van der Waals surface area contributed by atoms with Crippen molar-refractivity contribution in [2.75, 3.05) is 19.6 Å². The third-order valence-electron chi connectivity index (χ3n) is 11.4. The van der Waals surface area contributed by atoms with E-state index in [4.69, 9.17) is 0 Å². The molecule has 0 spiro atoms. The molecule has 0 aromatic heterocycles. The van der Waals surface area contributed by atoms with Gasteiger partial charge < -0.3 is 30.6 Å². The molecule has 0 bridgehead atoms. The van der Waals surface area contributed by atoms with Crippen molar-refractivity contribution < 1.29 is 19.4 Å². The van der Waals surface area contributed by atoms with Crippen LogP contribution in [-0.4, -0.2) is 19.4 Å². The Labute approximate surface area is 377 Å². The van der Waals surface area contributed by atoms with Crippen LogP contribution in [-0.2, 0) is 9.84 Å². The summed E-state index contributed by atoms with van der Waals surface area (Å²) in [6, 6.07) is 77.4. The van der Waals surface area contributed by atoms with Gasteiger partial charge >= 0.3 is 0 Å². The normalized spacial score (nSPS) is 12.5. The van der Waals surface area contributed by atoms with Gasteiger partial charge in [0.25, 0.3) is 0 Å². The van der Waals surface area contributed by atoms with Gasteiger partial charge in [0, 0.05) is 32.5 Å². The molecular weight excluding hydrogens is 833 g/mol. The van der Waals surface area contributed by atoms with E-state index < -0.39 is 9.84 Å². The summed E-state index contributed by atoms with van der Waals surface area (Å²) < 4.78 is 28.0. The number of nitrogens with zero attached hydrogens (tertiary/aromatic N) is 4. The van der Waals surface area contributed by atoms with Crippen molar-refractivity contribution in [1.82, 2.24) is 0 Å². The molecule has 2 aliphatic heterocycles. The molecule has 0 saturated carbocycles. The van der Waals surface area contributed by atoms with E-state index >= 15 is 0 Å². The summed E-state index contributed by atoms with van der Waals surface area (Å²) in [7, 11) is -3.78. The summed E-state index contributed by atoms with van der Waals surface area (Å²) in [6.45, 7) is 0. The van der Waals surface area contributed by atoms with Crippen LogP contribution in [0, 0.1) is 0 Å². The molecule has 9 aromatic carbocycles. The Hall–Kier alpha value is -7.60. The van der Waals surface area contributed by atoms with E-state index in [2.05, 4.69) is 153 Å². The molecule has 0 amide bonds. The highest BCUT2D eigenvalue weighted by Gasteiger charge is 2.32. The van der Waals surface area contributed by atoms with Gasteiger partial charge in [-0.3, -0.25) is 0 Å². The molecule has 2 heterocycles. The van der Waals surface area contributed by atoms with E-state index in [-0.39, 0.29) is 20.7 Å². The third kappa shape index (κ3) is 7.24. The number of hydrogen-bond donors (Lipinski definition) is 0. The van der Waals surface area contributed by atoms with Gasteiger partial charge in [-0.1, -0.05) is 96.7 Å². The summed E-state index contributed by atoms with van der Waals surface area (Å²) in [5.41, 5.74) is 12.6. The van der Waals surface area contributed by atoms with Crippen molar-refractivity contribution in [1.29, 1.82) is 0 Å². The number of para-hydroxylation sites is 10. The maximum atomic E-state index is 14.0. The smallest absolute Gasteiger partial charge is 0.206 e. The fraction of sp³-hybridized carbons (Fsp3) is 0. The van der Waals surface area contributed by atoms with Crippen molar-refractivity contribution in [2.24, 2.45) is 0 Å². The number of fused-ring (bicyclic) bond motifs is 4. The number of rotatable bonds is 8. The van der Waals surface area contributed by atoms with Gasteiger partial charge in [0.2, 0.25) is 9.84 Å². The van der Waals surface area contributed by atoms with Crippen molar-refractivity contribution >= 4 is 89.8 Å². The maximum Gasteiger partial charge on any atom is 0.206 e. The van der Waals surface area contributed by atoms with Crippen LogP contribution in [0.3, 0.4) is 0 Å². The van der Waals surface area contributed by atoms with Gasteiger partial charge in [0.1, 0.15) is 0 Å². The van der Waals surface area contributed by atoms with E-state index in [9.17, 15) is 8.42 Å². The zero-order chi connectivity index (χ0) is 41.6. The number of hydrogen-bond acceptors (Lipinski definition) is 7. The zero-order valence-corrected chi connectivity index (χ0v) is 36.0. The number of anilines is 12. The summed E-state index contributed by atoms with van der Waals surface area (Å²) in [5, 5.41) is 0. The highest BCUT2D eigenvalue weighted by molar-refractivity contribution is 7.99. The Kier molecular flexibility index (Phi) is 11.3. The molecule has 10 heteroatoms. The molecule has 9 aromatic rings. The van der Waals surface area contributed by atoms with Crippen molar-refractivity contribution in [3.05, 3.63) is 231 Å². The molecule has 11 rings (SSSR count). The molecule has 0 unspecified atom stereocenters. The summed E-state index contributed by atoms with van der Waals surface area (Å²) in [5.74, 6) is 0. The lowest BCUT2D eigenvalue weighted by Gasteiger charge is -2.40. The number of sulfone groups is 1. The van der Waals surface area contributed by atoms with Gasteiger partial charge in [-0.2, -0.15) is 0 Å². The van der Waals surface area contributed by atoms with Crippen LogP contribution in [0.5, 0.6) is 0 Å². The molecule has 0 atom stereocenters. The highest BCUT2D eigenvalue weighted by Crippen LogP contribution is 2.55. The SMILES string of the molecule is O.O.O=S(=O)(c1ccc(Sc2ccc(N3c4ccccc4N(c4ccccc4)c4ccccc43)cc2)cc1)c1ccc(N2c3ccccc3N(c3ccccc3)c3ccccc32)cc1. The van der Waals surface area contributed by atoms with Crippen LogP contribution >= 0.6 is 11.8 Å². The van der Waals surface area contributed by atoms with Crippen LogP contribution in [0.25, 0.3) is 0 Å². The fourth-order valence-electron chi connectivity index (χ4n) is 8.55. The lowest BCUT2D eigenvalue weighted by molar-refractivity contribution is 0.596. The third-order valence-corrected chi connectivity index (χ3v) is 14.2. The van der Waals surface area contributed by atoms with Crippen LogP contribution in [0.2, 0.25) is 0 Å². The van der Waals surface area contributed by atoms with Gasteiger partial charge in [-0.05, 0) is 146 Å². The first-order chi connectivity index (χ1) is 30.5. The van der Waals surface area contributed by atoms with Crippen molar-refractivity contribution in [3.8, 4) is 0 Å². The molecule has 4 N–H and O–H groups in total. The fourth-order valence-corrected chi connectivity index (χ4v) is 10.6. The van der Waals surface area contributed by atoms with Crippen molar-refractivity contribution in [2.45, 2.75) is 19.6 Å². The van der Waals surface area contributed by atoms with Crippen LogP contribution in [0.15, 0.2) is 250 Å². The predicted molar refractivity (Wildman–Crippen MR) is 262 cm³/mol. The summed E-state index contributed by atoms with van der Waals surface area (Å²) in [6.07, 6.45) is 0. The first-order valence-electron chi connectivity index (χ1n) is 20.4.